The highest BCUT2D eigenvalue weighted by atomic mass is 16.5. The van der Waals surface area contributed by atoms with Gasteiger partial charge < -0.3 is 19.7 Å². The van der Waals surface area contributed by atoms with Crippen molar-refractivity contribution in [2.45, 2.75) is 19.3 Å². The highest BCUT2D eigenvalue weighted by molar-refractivity contribution is 5.89. The number of carbonyl (C=O) groups is 1. The number of para-hydroxylation sites is 1. The van der Waals surface area contributed by atoms with Crippen LogP contribution in [0.3, 0.4) is 0 Å². The topological polar surface area (TPSA) is 50.8 Å². The normalized spacial score (nSPS) is 14.7. The molecule has 1 heterocycles. The van der Waals surface area contributed by atoms with Gasteiger partial charge in [0.15, 0.2) is 0 Å². The van der Waals surface area contributed by atoms with E-state index in [2.05, 4.69) is 5.32 Å². The molecule has 0 spiro atoms. The number of urea groups is 1. The molecule has 1 aliphatic rings. The van der Waals surface area contributed by atoms with Crippen LogP contribution in [0.15, 0.2) is 54.6 Å². The molecule has 0 aromatic heterocycles. The Balaban J connectivity index is 1.37. The zero-order valence-corrected chi connectivity index (χ0v) is 15.2. The number of nitrogens with one attached hydrogen (secondary N) is 1. The van der Waals surface area contributed by atoms with Gasteiger partial charge in [0, 0.05) is 18.8 Å². The van der Waals surface area contributed by atoms with Gasteiger partial charge in [-0.15, -0.1) is 0 Å². The maximum Gasteiger partial charge on any atom is 0.321 e. The summed E-state index contributed by atoms with van der Waals surface area (Å²) in [5, 5.41) is 2.95. The lowest BCUT2D eigenvalue weighted by Crippen LogP contribution is -2.41. The summed E-state index contributed by atoms with van der Waals surface area (Å²) in [6.07, 6.45) is 3.07. The second kappa shape index (κ2) is 9.13. The molecule has 1 saturated heterocycles. The number of carbonyl (C=O) groups excluding carboxylic acids is 1. The van der Waals surface area contributed by atoms with Crippen molar-refractivity contribution in [3.63, 3.8) is 0 Å². The van der Waals surface area contributed by atoms with Crippen molar-refractivity contribution in [3.8, 4) is 11.5 Å². The summed E-state index contributed by atoms with van der Waals surface area (Å²) in [4.78, 5) is 14.3. The molecule has 5 nitrogen and oxygen atoms in total. The Labute approximate surface area is 154 Å². The van der Waals surface area contributed by atoms with Gasteiger partial charge in [-0.1, -0.05) is 18.2 Å². The minimum Gasteiger partial charge on any atom is -0.497 e. The first-order chi connectivity index (χ1) is 12.7. The van der Waals surface area contributed by atoms with Crippen LogP contribution >= 0.6 is 0 Å². The highest BCUT2D eigenvalue weighted by Crippen LogP contribution is 2.22. The minimum absolute atomic E-state index is 0.0332. The number of benzene rings is 2. The molecule has 2 aromatic rings. The van der Waals surface area contributed by atoms with Crippen LogP contribution in [0.5, 0.6) is 11.5 Å². The number of rotatable bonds is 6. The first-order valence-corrected chi connectivity index (χ1v) is 9.12. The van der Waals surface area contributed by atoms with E-state index in [1.807, 2.05) is 59.5 Å². The van der Waals surface area contributed by atoms with Crippen molar-refractivity contribution < 1.29 is 14.3 Å². The number of anilines is 1. The number of likely N-dealkylation sites (tertiary alicyclic amines) is 1. The molecule has 0 saturated carbocycles. The molecule has 0 atom stereocenters. The maximum atomic E-state index is 12.4. The third-order valence-corrected chi connectivity index (χ3v) is 4.78. The van der Waals surface area contributed by atoms with Gasteiger partial charge >= 0.3 is 6.03 Å². The van der Waals surface area contributed by atoms with E-state index in [0.29, 0.717) is 5.92 Å². The minimum atomic E-state index is -0.0332. The average molecular weight is 354 g/mol. The molecular formula is C21H26N2O3. The van der Waals surface area contributed by atoms with Crippen LogP contribution in [0.2, 0.25) is 0 Å². The summed E-state index contributed by atoms with van der Waals surface area (Å²) in [5.74, 6) is 2.31. The molecule has 1 fully saturated rings. The zero-order chi connectivity index (χ0) is 18.2. The van der Waals surface area contributed by atoms with E-state index >= 15 is 0 Å². The molecule has 3 rings (SSSR count). The number of piperidine rings is 1. The van der Waals surface area contributed by atoms with Crippen LogP contribution in [0.1, 0.15) is 19.3 Å². The predicted octanol–water partition coefficient (Wildman–Crippen LogP) is 4.41. The Kier molecular flexibility index (Phi) is 6.36. The van der Waals surface area contributed by atoms with Crippen LogP contribution in [0.25, 0.3) is 0 Å². The van der Waals surface area contributed by atoms with Crippen LogP contribution in [0.4, 0.5) is 10.5 Å². The van der Waals surface area contributed by atoms with Gasteiger partial charge in [0.1, 0.15) is 11.5 Å². The molecule has 26 heavy (non-hydrogen) atoms. The van der Waals surface area contributed by atoms with Gasteiger partial charge in [-0.2, -0.15) is 0 Å². The van der Waals surface area contributed by atoms with Crippen LogP contribution in [-0.2, 0) is 0 Å². The fraction of sp³-hybridized carbons (Fsp3) is 0.381. The fourth-order valence-corrected chi connectivity index (χ4v) is 3.16. The van der Waals surface area contributed by atoms with Crippen LogP contribution < -0.4 is 14.8 Å². The predicted molar refractivity (Wildman–Crippen MR) is 103 cm³/mol. The van der Waals surface area contributed by atoms with Crippen molar-refractivity contribution in [1.82, 2.24) is 4.90 Å². The first-order valence-electron chi connectivity index (χ1n) is 9.12. The van der Waals surface area contributed by atoms with Gasteiger partial charge in [0.05, 0.1) is 13.7 Å². The third-order valence-electron chi connectivity index (χ3n) is 4.78. The average Bonchev–Trinajstić information content (AvgIpc) is 2.70. The maximum absolute atomic E-state index is 12.4. The number of hydrogen-bond donors (Lipinski definition) is 1. The van der Waals surface area contributed by atoms with E-state index in [4.69, 9.17) is 9.47 Å². The molecule has 5 heteroatoms. The fourth-order valence-electron chi connectivity index (χ4n) is 3.16. The molecule has 2 aromatic carbocycles. The van der Waals surface area contributed by atoms with Gasteiger partial charge in [0.25, 0.3) is 0 Å². The van der Waals surface area contributed by atoms with E-state index in [1.54, 1.807) is 7.11 Å². The molecule has 0 aliphatic carbocycles. The van der Waals surface area contributed by atoms with Crippen molar-refractivity contribution in [2.75, 3.05) is 32.1 Å². The Bertz CT molecular complexity index is 680. The molecular weight excluding hydrogens is 328 g/mol. The molecule has 1 N–H and O–H groups in total. The number of nitrogens with zero attached hydrogens (tertiary/aromatic N) is 1. The number of methoxy groups -OCH3 is 1. The first kappa shape index (κ1) is 18.1. The molecule has 0 radical (unpaired) electrons. The van der Waals surface area contributed by atoms with Crippen LogP contribution in [0, 0.1) is 5.92 Å². The Morgan fingerprint density at radius 3 is 2.38 bits per heavy atom. The molecule has 0 bridgehead atoms. The van der Waals surface area contributed by atoms with E-state index in [1.165, 1.54) is 0 Å². The summed E-state index contributed by atoms with van der Waals surface area (Å²) in [5.41, 5.74) is 0.786. The van der Waals surface area contributed by atoms with E-state index in [0.717, 1.165) is 56.1 Å². The lowest BCUT2D eigenvalue weighted by molar-refractivity contribution is 0.170. The van der Waals surface area contributed by atoms with E-state index < -0.39 is 0 Å². The molecule has 0 unspecified atom stereocenters. The van der Waals surface area contributed by atoms with E-state index in [9.17, 15) is 4.79 Å². The number of hydrogen-bond acceptors (Lipinski definition) is 3. The highest BCUT2D eigenvalue weighted by Gasteiger charge is 2.22. The summed E-state index contributed by atoms with van der Waals surface area (Å²) < 4.78 is 10.9. The van der Waals surface area contributed by atoms with Crippen LogP contribution in [-0.4, -0.2) is 37.7 Å². The summed E-state index contributed by atoms with van der Waals surface area (Å²) in [6, 6.07) is 17.3. The smallest absolute Gasteiger partial charge is 0.321 e. The van der Waals surface area contributed by atoms with Gasteiger partial charge in [-0.3, -0.25) is 0 Å². The van der Waals surface area contributed by atoms with Crippen molar-refractivity contribution in [3.05, 3.63) is 54.6 Å². The van der Waals surface area contributed by atoms with E-state index in [-0.39, 0.29) is 6.03 Å². The Morgan fingerprint density at radius 2 is 1.73 bits per heavy atom. The zero-order valence-electron chi connectivity index (χ0n) is 15.2. The standard InChI is InChI=1S/C21H26N2O3/c1-25-19-9-7-18(8-10-19)22-21(24)23-14-11-17(12-15-23)13-16-26-20-5-3-2-4-6-20/h2-10,17H,11-16H2,1H3,(H,22,24). The summed E-state index contributed by atoms with van der Waals surface area (Å²) in [7, 11) is 1.63. The third kappa shape index (κ3) is 5.15. The Hall–Kier alpha value is -2.69. The van der Waals surface area contributed by atoms with Gasteiger partial charge in [0.2, 0.25) is 0 Å². The van der Waals surface area contributed by atoms with Gasteiger partial charge in [-0.05, 0) is 61.6 Å². The summed E-state index contributed by atoms with van der Waals surface area (Å²) in [6.45, 7) is 2.31. The quantitative estimate of drug-likeness (QED) is 0.836. The second-order valence-corrected chi connectivity index (χ2v) is 6.54. The van der Waals surface area contributed by atoms with Gasteiger partial charge in [-0.25, -0.2) is 4.79 Å². The lowest BCUT2D eigenvalue weighted by Gasteiger charge is -2.32. The Morgan fingerprint density at radius 1 is 1.04 bits per heavy atom. The monoisotopic (exact) mass is 354 g/mol. The molecule has 1 aliphatic heterocycles. The van der Waals surface area contributed by atoms with Crippen molar-refractivity contribution in [2.24, 2.45) is 5.92 Å². The lowest BCUT2D eigenvalue weighted by atomic mass is 9.94. The second-order valence-electron chi connectivity index (χ2n) is 6.54. The summed E-state index contributed by atoms with van der Waals surface area (Å²) >= 11 is 0. The molecule has 138 valence electrons. The van der Waals surface area contributed by atoms with Crippen molar-refractivity contribution >= 4 is 11.7 Å². The van der Waals surface area contributed by atoms with Crippen molar-refractivity contribution in [1.29, 1.82) is 0 Å². The largest absolute Gasteiger partial charge is 0.497 e. The SMILES string of the molecule is COc1ccc(NC(=O)N2CCC(CCOc3ccccc3)CC2)cc1. The molecule has 2 amide bonds. The number of amides is 2. The number of ether oxygens (including phenoxy) is 2.